The van der Waals surface area contributed by atoms with E-state index in [1.165, 1.54) is 4.90 Å². The Morgan fingerprint density at radius 1 is 1.56 bits per heavy atom. The van der Waals surface area contributed by atoms with Crippen molar-refractivity contribution in [2.45, 2.75) is 12.5 Å². The van der Waals surface area contributed by atoms with Gasteiger partial charge in [-0.25, -0.2) is 8.42 Å². The molecule has 0 spiro atoms. The second-order valence-corrected chi connectivity index (χ2v) is 5.94. The fraction of sp³-hybridized carbons (Fsp3) is 0.714. The van der Waals surface area contributed by atoms with Gasteiger partial charge in [0, 0.05) is 13.1 Å². The first-order chi connectivity index (χ1) is 7.49. The molecule has 1 saturated heterocycles. The van der Waals surface area contributed by atoms with Gasteiger partial charge in [-0.05, 0) is 11.6 Å². The smallest absolute Gasteiger partial charge is 0.295 e. The minimum absolute atomic E-state index is 0.00704. The van der Waals surface area contributed by atoms with Crippen LogP contribution in [0.25, 0.3) is 0 Å². The fourth-order valence-corrected chi connectivity index (χ4v) is 3.43. The van der Waals surface area contributed by atoms with Crippen molar-refractivity contribution >= 4 is 15.7 Å². The number of carbonyl (C=O) groups is 1. The minimum atomic E-state index is -3.00. The molecule has 88 valence electrons. The van der Waals surface area contributed by atoms with Crippen molar-refractivity contribution in [1.82, 2.24) is 25.5 Å². The van der Waals surface area contributed by atoms with Crippen LogP contribution in [-0.2, 0) is 9.84 Å². The molecular weight excluding hydrogens is 234 g/mol. The Kier molecular flexibility index (Phi) is 2.62. The number of hydrogen-bond acceptors (Lipinski definition) is 6. The lowest BCUT2D eigenvalue weighted by Gasteiger charge is -2.21. The Labute approximate surface area is 91.9 Å². The standard InChI is InChI=1S/C7H11N5O3S/c1-12(5-2-3-16(14,15)4-5)7(13)6-8-10-11-9-6/h5H,2-4H2,1H3,(H,8,9,10,11). The molecular formula is C7H11N5O3S. The van der Waals surface area contributed by atoms with Crippen LogP contribution < -0.4 is 0 Å². The first-order valence-corrected chi connectivity index (χ1v) is 6.53. The van der Waals surface area contributed by atoms with Crippen molar-refractivity contribution < 1.29 is 13.2 Å². The van der Waals surface area contributed by atoms with E-state index < -0.39 is 15.7 Å². The predicted molar refractivity (Wildman–Crippen MR) is 53.3 cm³/mol. The number of carbonyl (C=O) groups excluding carboxylic acids is 1. The van der Waals surface area contributed by atoms with E-state index in [0.29, 0.717) is 6.42 Å². The lowest BCUT2D eigenvalue weighted by Crippen LogP contribution is -2.38. The van der Waals surface area contributed by atoms with Crippen LogP contribution in [0.5, 0.6) is 0 Å². The Morgan fingerprint density at radius 2 is 2.31 bits per heavy atom. The van der Waals surface area contributed by atoms with Crippen LogP contribution >= 0.6 is 0 Å². The summed E-state index contributed by atoms with van der Waals surface area (Å²) in [6, 6.07) is -0.295. The average Bonchev–Trinajstić information content (AvgIpc) is 2.84. The molecule has 1 aliphatic rings. The Bertz CT molecular complexity index is 482. The van der Waals surface area contributed by atoms with Crippen LogP contribution in [0.4, 0.5) is 0 Å². The summed E-state index contributed by atoms with van der Waals surface area (Å²) in [4.78, 5) is 13.1. The van der Waals surface area contributed by atoms with Crippen LogP contribution in [0.2, 0.25) is 0 Å². The van der Waals surface area contributed by atoms with Gasteiger partial charge < -0.3 is 4.90 Å². The number of amides is 1. The number of H-pyrrole nitrogens is 1. The highest BCUT2D eigenvalue weighted by Gasteiger charge is 2.33. The summed E-state index contributed by atoms with van der Waals surface area (Å²) >= 11 is 0. The maximum atomic E-state index is 11.7. The normalized spacial score (nSPS) is 23.2. The van der Waals surface area contributed by atoms with Crippen molar-refractivity contribution in [3.8, 4) is 0 Å². The van der Waals surface area contributed by atoms with E-state index in [4.69, 9.17) is 0 Å². The Hall–Kier alpha value is -1.51. The van der Waals surface area contributed by atoms with E-state index in [-0.39, 0.29) is 23.4 Å². The Balaban J connectivity index is 2.09. The van der Waals surface area contributed by atoms with Crippen LogP contribution in [0.1, 0.15) is 17.0 Å². The zero-order chi connectivity index (χ0) is 11.8. The number of nitrogens with one attached hydrogen (secondary N) is 1. The molecule has 9 heteroatoms. The molecule has 1 unspecified atom stereocenters. The molecule has 1 fully saturated rings. The summed E-state index contributed by atoms with van der Waals surface area (Å²) in [5.41, 5.74) is 0. The summed E-state index contributed by atoms with van der Waals surface area (Å²) in [6.45, 7) is 0. The number of aromatic amines is 1. The number of sulfone groups is 1. The van der Waals surface area contributed by atoms with Gasteiger partial charge in [0.1, 0.15) is 0 Å². The van der Waals surface area contributed by atoms with Crippen LogP contribution in [0.3, 0.4) is 0 Å². The van der Waals surface area contributed by atoms with Gasteiger partial charge in [0.05, 0.1) is 11.5 Å². The van der Waals surface area contributed by atoms with Gasteiger partial charge in [0.2, 0.25) is 0 Å². The highest BCUT2D eigenvalue weighted by molar-refractivity contribution is 7.91. The van der Waals surface area contributed by atoms with Crippen molar-refractivity contribution in [3.63, 3.8) is 0 Å². The first-order valence-electron chi connectivity index (χ1n) is 4.70. The predicted octanol–water partition coefficient (Wildman–Crippen LogP) is -1.54. The molecule has 2 heterocycles. The topological polar surface area (TPSA) is 109 Å². The van der Waals surface area contributed by atoms with Gasteiger partial charge in [-0.1, -0.05) is 0 Å². The monoisotopic (exact) mass is 245 g/mol. The highest BCUT2D eigenvalue weighted by atomic mass is 32.2. The molecule has 1 N–H and O–H groups in total. The van der Waals surface area contributed by atoms with Crippen molar-refractivity contribution in [1.29, 1.82) is 0 Å². The van der Waals surface area contributed by atoms with Gasteiger partial charge in [-0.2, -0.15) is 5.21 Å². The molecule has 1 amide bonds. The minimum Gasteiger partial charge on any atom is -0.335 e. The highest BCUT2D eigenvalue weighted by Crippen LogP contribution is 2.17. The van der Waals surface area contributed by atoms with E-state index in [1.54, 1.807) is 7.05 Å². The molecule has 1 aromatic rings. The molecule has 2 rings (SSSR count). The third-order valence-electron chi connectivity index (χ3n) is 2.61. The Morgan fingerprint density at radius 3 is 2.81 bits per heavy atom. The first kappa shape index (κ1) is 11.0. The number of rotatable bonds is 2. The molecule has 0 bridgehead atoms. The van der Waals surface area contributed by atoms with Gasteiger partial charge in [0.25, 0.3) is 11.7 Å². The summed E-state index contributed by atoms with van der Waals surface area (Å²) in [6.07, 6.45) is 0.461. The molecule has 0 aromatic carbocycles. The summed E-state index contributed by atoms with van der Waals surface area (Å²) in [5.74, 6) is -0.336. The summed E-state index contributed by atoms with van der Waals surface area (Å²) in [5, 5.41) is 12.6. The van der Waals surface area contributed by atoms with Crippen molar-refractivity contribution in [2.24, 2.45) is 0 Å². The van der Waals surface area contributed by atoms with Gasteiger partial charge >= 0.3 is 0 Å². The molecule has 0 saturated carbocycles. The largest absolute Gasteiger partial charge is 0.335 e. The maximum absolute atomic E-state index is 11.7. The zero-order valence-corrected chi connectivity index (χ0v) is 9.44. The quantitative estimate of drug-likeness (QED) is 0.676. The number of hydrogen-bond donors (Lipinski definition) is 1. The third-order valence-corrected chi connectivity index (χ3v) is 4.36. The molecule has 1 aliphatic heterocycles. The average molecular weight is 245 g/mol. The molecule has 16 heavy (non-hydrogen) atoms. The second-order valence-electron chi connectivity index (χ2n) is 3.71. The number of aromatic nitrogens is 4. The van der Waals surface area contributed by atoms with Crippen LogP contribution in [-0.4, -0.2) is 64.4 Å². The summed E-state index contributed by atoms with van der Waals surface area (Å²) in [7, 11) is -1.46. The number of tetrazole rings is 1. The SMILES string of the molecule is CN(C(=O)c1nn[nH]n1)C1CCS(=O)(=O)C1. The molecule has 0 aliphatic carbocycles. The van der Waals surface area contributed by atoms with E-state index in [2.05, 4.69) is 20.6 Å². The van der Waals surface area contributed by atoms with Gasteiger partial charge in [-0.15, -0.1) is 10.2 Å². The van der Waals surface area contributed by atoms with Gasteiger partial charge in [-0.3, -0.25) is 4.79 Å². The fourth-order valence-electron chi connectivity index (χ4n) is 1.66. The molecule has 1 atom stereocenters. The molecule has 8 nitrogen and oxygen atoms in total. The second kappa shape index (κ2) is 3.81. The van der Waals surface area contributed by atoms with Crippen LogP contribution in [0, 0.1) is 0 Å². The molecule has 0 radical (unpaired) electrons. The van der Waals surface area contributed by atoms with E-state index in [9.17, 15) is 13.2 Å². The lowest BCUT2D eigenvalue weighted by atomic mass is 10.2. The third kappa shape index (κ3) is 2.03. The van der Waals surface area contributed by atoms with Crippen LogP contribution in [0.15, 0.2) is 0 Å². The molecule has 1 aromatic heterocycles. The van der Waals surface area contributed by atoms with Crippen molar-refractivity contribution in [2.75, 3.05) is 18.6 Å². The zero-order valence-electron chi connectivity index (χ0n) is 8.62. The van der Waals surface area contributed by atoms with Crippen molar-refractivity contribution in [3.05, 3.63) is 5.82 Å². The number of nitrogens with zero attached hydrogens (tertiary/aromatic N) is 4. The summed E-state index contributed by atoms with van der Waals surface area (Å²) < 4.78 is 22.5. The van der Waals surface area contributed by atoms with E-state index >= 15 is 0 Å². The lowest BCUT2D eigenvalue weighted by molar-refractivity contribution is 0.0735. The van der Waals surface area contributed by atoms with E-state index in [1.807, 2.05) is 0 Å². The van der Waals surface area contributed by atoms with E-state index in [0.717, 1.165) is 0 Å². The maximum Gasteiger partial charge on any atom is 0.295 e. The van der Waals surface area contributed by atoms with Gasteiger partial charge in [0.15, 0.2) is 9.84 Å².